The van der Waals surface area contributed by atoms with Crippen LogP contribution in [0.25, 0.3) is 104 Å². The molecule has 0 atom stereocenters. The van der Waals surface area contributed by atoms with Crippen LogP contribution < -0.4 is 0 Å². The van der Waals surface area contributed by atoms with Crippen molar-refractivity contribution in [3.05, 3.63) is 164 Å². The van der Waals surface area contributed by atoms with E-state index in [0.717, 1.165) is 44.2 Å². The number of nitrogens with zero attached hydrogens (tertiary/aromatic N) is 1. The lowest BCUT2D eigenvalue weighted by Crippen LogP contribution is -1.93. The van der Waals surface area contributed by atoms with Gasteiger partial charge in [-0.25, -0.2) is 0 Å². The van der Waals surface area contributed by atoms with Crippen LogP contribution in [0.2, 0.25) is 0 Å². The predicted molar refractivity (Wildman–Crippen MR) is 204 cm³/mol. The first kappa shape index (κ1) is 26.5. The van der Waals surface area contributed by atoms with E-state index in [9.17, 15) is 0 Å². The van der Waals surface area contributed by atoms with Crippen molar-refractivity contribution in [2.24, 2.45) is 0 Å². The molecule has 0 saturated carbocycles. The molecule has 0 aliphatic carbocycles. The standard InChI is InChI=1S/C46H27NO2/c1-2-11-30(12-3-1)47-40-20-9-8-13-31(40)39-27-29(22-24-41(39)47)42-32-14-4-6-16-34(32)43(35-17-7-5-15-33(35)42)38-19-10-18-36-37-23-21-28-25-26-48-44(28)46(37)49-45(36)38/h1-27H. The molecule has 0 radical (unpaired) electrons. The molecule has 0 aliphatic heterocycles. The lowest BCUT2D eigenvalue weighted by Gasteiger charge is -2.18. The van der Waals surface area contributed by atoms with E-state index in [1.165, 1.54) is 60.0 Å². The maximum Gasteiger partial charge on any atom is 0.178 e. The van der Waals surface area contributed by atoms with Crippen molar-refractivity contribution >= 4 is 76.3 Å². The zero-order valence-corrected chi connectivity index (χ0v) is 26.4. The van der Waals surface area contributed by atoms with Crippen molar-refractivity contribution in [2.45, 2.75) is 0 Å². The van der Waals surface area contributed by atoms with Gasteiger partial charge in [0, 0.05) is 43.7 Å². The van der Waals surface area contributed by atoms with Crippen molar-refractivity contribution in [1.29, 1.82) is 0 Å². The molecule has 49 heavy (non-hydrogen) atoms. The van der Waals surface area contributed by atoms with Gasteiger partial charge in [-0.15, -0.1) is 0 Å². The number of fused-ring (bicyclic) bond motifs is 10. The zero-order chi connectivity index (χ0) is 32.1. The molecule has 3 heteroatoms. The molecule has 0 aliphatic rings. The fourth-order valence-corrected chi connectivity index (χ4v) is 8.19. The molecule has 3 heterocycles. The average Bonchev–Trinajstić information content (AvgIpc) is 3.88. The van der Waals surface area contributed by atoms with Gasteiger partial charge in [0.05, 0.1) is 17.3 Å². The summed E-state index contributed by atoms with van der Waals surface area (Å²) in [7, 11) is 0. The summed E-state index contributed by atoms with van der Waals surface area (Å²) >= 11 is 0. The molecule has 8 aromatic carbocycles. The fraction of sp³-hybridized carbons (Fsp3) is 0. The molecule has 0 saturated heterocycles. The molecule has 11 rings (SSSR count). The van der Waals surface area contributed by atoms with Crippen LogP contribution in [0.4, 0.5) is 0 Å². The van der Waals surface area contributed by atoms with Crippen LogP contribution in [0.1, 0.15) is 0 Å². The Hall–Kier alpha value is -6.58. The minimum absolute atomic E-state index is 0.786. The third kappa shape index (κ3) is 3.67. The lowest BCUT2D eigenvalue weighted by atomic mass is 9.85. The Morgan fingerprint density at radius 2 is 1.02 bits per heavy atom. The first-order valence-corrected chi connectivity index (χ1v) is 16.7. The number of benzene rings is 8. The van der Waals surface area contributed by atoms with Gasteiger partial charge in [0.25, 0.3) is 0 Å². The second-order valence-electron chi connectivity index (χ2n) is 12.8. The highest BCUT2D eigenvalue weighted by molar-refractivity contribution is 6.25. The van der Waals surface area contributed by atoms with Crippen LogP contribution in [-0.4, -0.2) is 4.57 Å². The first-order valence-electron chi connectivity index (χ1n) is 16.7. The Kier molecular flexibility index (Phi) is 5.38. The van der Waals surface area contributed by atoms with Crippen molar-refractivity contribution in [2.75, 3.05) is 0 Å². The minimum atomic E-state index is 0.786. The molecule has 0 N–H and O–H groups in total. The molecule has 3 nitrogen and oxygen atoms in total. The average molecular weight is 626 g/mol. The number of rotatable bonds is 3. The Labute approximate surface area is 280 Å². The molecule has 0 amide bonds. The monoisotopic (exact) mass is 625 g/mol. The normalized spacial score (nSPS) is 12.1. The molecule has 0 spiro atoms. The molecular formula is C46H27NO2. The van der Waals surface area contributed by atoms with Gasteiger partial charge in [0.15, 0.2) is 11.2 Å². The second kappa shape index (κ2) is 9.96. The van der Waals surface area contributed by atoms with Crippen molar-refractivity contribution in [3.63, 3.8) is 0 Å². The topological polar surface area (TPSA) is 31.2 Å². The fourth-order valence-electron chi connectivity index (χ4n) is 8.19. The zero-order valence-electron chi connectivity index (χ0n) is 26.4. The van der Waals surface area contributed by atoms with Gasteiger partial charge >= 0.3 is 0 Å². The molecular weight excluding hydrogens is 599 g/mol. The first-order chi connectivity index (χ1) is 24.3. The molecule has 0 fully saturated rings. The number of furan rings is 2. The SMILES string of the molecule is c1ccc(-n2c3ccccc3c3cc(-c4c5ccccc5c(-c5cccc6c5oc5c6ccc6ccoc65)c5ccccc45)ccc32)cc1. The second-order valence-corrected chi connectivity index (χ2v) is 12.8. The van der Waals surface area contributed by atoms with E-state index in [-0.39, 0.29) is 0 Å². The van der Waals surface area contributed by atoms with Crippen LogP contribution >= 0.6 is 0 Å². The highest BCUT2D eigenvalue weighted by Gasteiger charge is 2.22. The van der Waals surface area contributed by atoms with E-state index in [1.54, 1.807) is 6.26 Å². The number of para-hydroxylation sites is 3. The van der Waals surface area contributed by atoms with E-state index in [1.807, 2.05) is 6.07 Å². The van der Waals surface area contributed by atoms with E-state index in [2.05, 4.69) is 156 Å². The number of aromatic nitrogens is 1. The Morgan fingerprint density at radius 1 is 0.388 bits per heavy atom. The van der Waals surface area contributed by atoms with E-state index in [0.29, 0.717) is 0 Å². The van der Waals surface area contributed by atoms with Crippen LogP contribution in [-0.2, 0) is 0 Å². The lowest BCUT2D eigenvalue weighted by molar-refractivity contribution is 0.600. The van der Waals surface area contributed by atoms with Crippen molar-refractivity contribution in [1.82, 2.24) is 4.57 Å². The molecule has 0 bridgehead atoms. The van der Waals surface area contributed by atoms with E-state index < -0.39 is 0 Å². The predicted octanol–water partition coefficient (Wildman–Crippen LogP) is 13.1. The number of hydrogen-bond donors (Lipinski definition) is 0. The summed E-state index contributed by atoms with van der Waals surface area (Å²) in [5, 5.41) is 10.5. The Balaban J connectivity index is 1.22. The summed E-state index contributed by atoms with van der Waals surface area (Å²) in [6, 6.07) is 56.7. The third-order valence-corrected chi connectivity index (χ3v) is 10.3. The summed E-state index contributed by atoms with van der Waals surface area (Å²) in [5.74, 6) is 0. The summed E-state index contributed by atoms with van der Waals surface area (Å²) in [6.45, 7) is 0. The van der Waals surface area contributed by atoms with Gasteiger partial charge in [-0.1, -0.05) is 115 Å². The van der Waals surface area contributed by atoms with Crippen LogP contribution in [0.5, 0.6) is 0 Å². The van der Waals surface area contributed by atoms with Gasteiger partial charge in [0.2, 0.25) is 0 Å². The Morgan fingerprint density at radius 3 is 1.80 bits per heavy atom. The van der Waals surface area contributed by atoms with Crippen molar-refractivity contribution in [3.8, 4) is 27.9 Å². The third-order valence-electron chi connectivity index (χ3n) is 10.3. The van der Waals surface area contributed by atoms with Crippen LogP contribution in [0.15, 0.2) is 173 Å². The Bertz CT molecular complexity index is 3050. The largest absolute Gasteiger partial charge is 0.460 e. The minimum Gasteiger partial charge on any atom is -0.460 e. The van der Waals surface area contributed by atoms with Gasteiger partial charge in [-0.05, 0) is 75.1 Å². The summed E-state index contributed by atoms with van der Waals surface area (Å²) < 4.78 is 15.0. The molecule has 0 unspecified atom stereocenters. The van der Waals surface area contributed by atoms with Crippen LogP contribution in [0.3, 0.4) is 0 Å². The highest BCUT2D eigenvalue weighted by Crippen LogP contribution is 2.47. The van der Waals surface area contributed by atoms with Crippen LogP contribution in [0, 0.1) is 0 Å². The summed E-state index contributed by atoms with van der Waals surface area (Å²) in [6.07, 6.45) is 1.73. The van der Waals surface area contributed by atoms with E-state index >= 15 is 0 Å². The van der Waals surface area contributed by atoms with E-state index in [4.69, 9.17) is 8.83 Å². The molecule has 228 valence electrons. The smallest absolute Gasteiger partial charge is 0.178 e. The molecule has 11 aromatic rings. The quantitative estimate of drug-likeness (QED) is 0.183. The van der Waals surface area contributed by atoms with Gasteiger partial charge in [-0.2, -0.15) is 0 Å². The number of hydrogen-bond acceptors (Lipinski definition) is 2. The highest BCUT2D eigenvalue weighted by atomic mass is 16.4. The summed E-state index contributed by atoms with van der Waals surface area (Å²) in [4.78, 5) is 0. The van der Waals surface area contributed by atoms with Gasteiger partial charge < -0.3 is 13.4 Å². The van der Waals surface area contributed by atoms with Gasteiger partial charge in [0.1, 0.15) is 5.58 Å². The maximum absolute atomic E-state index is 6.75. The van der Waals surface area contributed by atoms with Crippen molar-refractivity contribution < 1.29 is 8.83 Å². The molecule has 3 aromatic heterocycles. The maximum atomic E-state index is 6.75. The summed E-state index contributed by atoms with van der Waals surface area (Å²) in [5.41, 5.74) is 10.7. The van der Waals surface area contributed by atoms with Gasteiger partial charge in [-0.3, -0.25) is 0 Å².